The molecule has 8 aliphatic rings. The second-order valence-corrected chi connectivity index (χ2v) is 39.0. The Morgan fingerprint density at radius 3 is 1.12 bits per heavy atom. The Kier molecular flexibility index (Phi) is 61.7. The van der Waals surface area contributed by atoms with Crippen LogP contribution in [0.1, 0.15) is 260 Å². The zero-order valence-corrected chi connectivity index (χ0v) is 85.0. The number of hydrogen-bond donors (Lipinski definition) is 4. The Labute approximate surface area is 793 Å². The van der Waals surface area contributed by atoms with Crippen LogP contribution in [-0.2, 0) is 99.8 Å². The van der Waals surface area contributed by atoms with Gasteiger partial charge in [-0.3, -0.25) is 38.8 Å². The Bertz CT molecular complexity index is 3520. The van der Waals surface area contributed by atoms with Gasteiger partial charge in [-0.15, -0.1) is 0 Å². The van der Waals surface area contributed by atoms with E-state index in [1.165, 1.54) is 88.9 Å². The zero-order chi connectivity index (χ0) is 101. The van der Waals surface area contributed by atoms with Crippen LogP contribution in [0.3, 0.4) is 0 Å². The van der Waals surface area contributed by atoms with Gasteiger partial charge in [0, 0.05) is 135 Å². The lowest BCUT2D eigenvalue weighted by Crippen LogP contribution is -2.48. The highest BCUT2D eigenvalue weighted by Gasteiger charge is 2.37. The molecular formula is C95H166BN8O29. The Balaban J connectivity index is 0. The number of ketones is 1. The van der Waals surface area contributed by atoms with Gasteiger partial charge in [0.15, 0.2) is 5.78 Å². The van der Waals surface area contributed by atoms with Crippen molar-refractivity contribution in [2.75, 3.05) is 142 Å². The predicted molar refractivity (Wildman–Crippen MR) is 503 cm³/mol. The average Bonchev–Trinajstić information content (AvgIpc) is 1.18. The first-order chi connectivity index (χ1) is 61.3. The van der Waals surface area contributed by atoms with Gasteiger partial charge in [0.05, 0.1) is 64.3 Å². The number of aliphatic carboxylic acids is 2. The fourth-order valence-corrected chi connectivity index (χ4v) is 12.6. The molecule has 8 rings (SSSR count). The standard InChI is InChI=1S/C15H23NO4.C14H26N2O4.C14H28N2O3.C14H25NO5.C14H23NO5.C9H17NO4.C6H8O2.C5H8O.C4H8O.B/c1-11(17)13(9-12-7-6-8-19-10-12)16(5)14(18)20-15(2,3)4;1-14(2,3)20-13(18)16(4)11(12(15)17)8-10-6-5-7-19-9-10;1-14(2,3)19-13(17)16(4)12(9-15)8-11-6-5-7-18-10-11;2*1-14(2,3)20-13(18)15(4)11(12(16)17)8-10-6-5-7-19-9-10;1-9(2,3)14-8(12)10(4)6-7(11)13-5;7-4-6-2-1-3-8-5-6;1-2-4-6-5-3-1;1-2-4-5-3-1;/h9-10H,6-8H2,1-5H3;10-11H,5-9H2,1-4H3,(H2,15,17);11-12H,5-10,15H2,1-4H3;10-11H,5-9H2,1-4H3,(H,16,17);9,11H,5-8H2,1-4H3,(H,16,17);6H2,1-5H3;4-5H,1-3H2;2,4H,1,3,5H2;1-4H2;/b13-9-;;;;;;;;;/t;10?,11-;11?,12-;10?,11-;11-;;;;;/m.0000...../s1. The third-order valence-electron chi connectivity index (χ3n) is 19.5. The monoisotopic (exact) mass is 1890 g/mol. The van der Waals surface area contributed by atoms with Crippen molar-refractivity contribution in [1.82, 2.24) is 29.4 Å². The number of primary amides is 1. The highest BCUT2D eigenvalue weighted by molar-refractivity contribution is 5.96. The van der Waals surface area contributed by atoms with Crippen molar-refractivity contribution < 1.29 is 139 Å². The Morgan fingerprint density at radius 2 is 0.820 bits per heavy atom. The molecule has 763 valence electrons. The van der Waals surface area contributed by atoms with Gasteiger partial charge >= 0.3 is 54.5 Å². The number of ether oxygens (including phenoxy) is 15. The number of likely N-dealkylation sites (N-methyl/N-ethyl adjacent to an activating group) is 6. The lowest BCUT2D eigenvalue weighted by molar-refractivity contribution is -0.144. The van der Waals surface area contributed by atoms with Crippen molar-refractivity contribution in [3.05, 3.63) is 59.6 Å². The van der Waals surface area contributed by atoms with Crippen LogP contribution in [0, 0.1) is 17.8 Å². The van der Waals surface area contributed by atoms with Crippen LogP contribution in [-0.4, -0.2) is 320 Å². The molecule has 37 nitrogen and oxygen atoms in total. The van der Waals surface area contributed by atoms with Crippen LogP contribution in [0.4, 0.5) is 28.8 Å². The molecule has 0 saturated carbocycles. The number of Topliss-reactive ketones (excluding diaryl/α,β-unsaturated/α-hetero) is 1. The van der Waals surface area contributed by atoms with Gasteiger partial charge in [0.2, 0.25) is 5.91 Å². The lowest BCUT2D eigenvalue weighted by Gasteiger charge is -2.33. The molecule has 8 heterocycles. The van der Waals surface area contributed by atoms with Crippen LogP contribution >= 0.6 is 0 Å². The van der Waals surface area contributed by atoms with Crippen molar-refractivity contribution >= 4 is 80.9 Å². The average molecular weight is 1900 g/mol. The van der Waals surface area contributed by atoms with Crippen LogP contribution in [0.15, 0.2) is 59.6 Å². The predicted octanol–water partition coefficient (Wildman–Crippen LogP) is 14.7. The number of carboxylic acids is 2. The summed E-state index contributed by atoms with van der Waals surface area (Å²) in [6, 6.07) is -2.47. The molecule has 0 spiro atoms. The van der Waals surface area contributed by atoms with E-state index in [9.17, 15) is 67.7 Å². The van der Waals surface area contributed by atoms with Crippen molar-refractivity contribution in [1.29, 1.82) is 0 Å². The maximum Gasteiger partial charge on any atom is 0.414 e. The summed E-state index contributed by atoms with van der Waals surface area (Å²) >= 11 is 0. The molecule has 3 unspecified atom stereocenters. The van der Waals surface area contributed by atoms with Gasteiger partial charge in [-0.05, 0) is 288 Å². The molecule has 6 N–H and O–H groups in total. The number of nitrogens with zero attached hydrogens (tertiary/aromatic N) is 6. The molecule has 0 aromatic rings. The largest absolute Gasteiger partial charge is 0.502 e. The van der Waals surface area contributed by atoms with Gasteiger partial charge in [-0.25, -0.2) is 38.4 Å². The normalized spacial score (nSPS) is 18.4. The maximum atomic E-state index is 12.0. The third-order valence-corrected chi connectivity index (χ3v) is 19.5. The fraction of sp³-hybridized carbons (Fsp3) is 0.768. The van der Waals surface area contributed by atoms with E-state index in [0.29, 0.717) is 57.4 Å². The van der Waals surface area contributed by atoms with Gasteiger partial charge in [0.25, 0.3) is 0 Å². The number of nitrogens with two attached hydrogens (primary N) is 2. The number of hydrogen-bond acceptors (Lipinski definition) is 28. The quantitative estimate of drug-likeness (QED) is 0.0257. The SMILES string of the molecule is C1=COCCC1.C1CCOC1.CC(=O)/C(=C/C1=COCCC1)N(C)C(=O)OC(C)(C)C.CN(C(=O)OC(C)(C)C)[C@@H](CC1=COCCC1)C(=O)O.CN(C(=O)OC(C)(C)C)[C@@H](CC1CCCOC1)C(=O)O.CN(C(=O)OC(C)(C)C)[C@@H](CC1CCCOC1)C(N)=O.CN(C(=O)OC(C)(C)C)[C@H](CN)CC1CCCOC1.COC(=O)CN(C)C(=O)OC(C)(C)C.O=CC1=COCCC1.[B]. The number of amides is 7. The minimum Gasteiger partial charge on any atom is -0.502 e. The van der Waals surface area contributed by atoms with E-state index in [4.69, 9.17) is 77.8 Å². The van der Waals surface area contributed by atoms with Crippen LogP contribution in [0.25, 0.3) is 0 Å². The molecular weight excluding hydrogens is 1730 g/mol. The number of rotatable bonds is 22. The zero-order valence-electron chi connectivity index (χ0n) is 85.0. The van der Waals surface area contributed by atoms with E-state index >= 15 is 0 Å². The molecule has 0 aromatic carbocycles. The van der Waals surface area contributed by atoms with Gasteiger partial charge < -0.3 is 103 Å². The molecule has 7 atom stereocenters. The summed E-state index contributed by atoms with van der Waals surface area (Å²) in [6.07, 6.45) is 26.3. The third kappa shape index (κ3) is 62.0. The summed E-state index contributed by atoms with van der Waals surface area (Å²) in [5.74, 6) is -2.31. The second kappa shape index (κ2) is 65.3. The molecule has 4 saturated heterocycles. The molecule has 7 amide bonds. The van der Waals surface area contributed by atoms with Crippen LogP contribution < -0.4 is 11.5 Å². The molecule has 133 heavy (non-hydrogen) atoms. The number of methoxy groups -OCH3 is 1. The number of carbonyl (C=O) groups is 12. The van der Waals surface area contributed by atoms with Crippen molar-refractivity contribution in [2.45, 2.75) is 318 Å². The Hall–Kier alpha value is -9.40. The summed E-state index contributed by atoms with van der Waals surface area (Å²) in [7, 11) is 10.5. The molecule has 4 fully saturated rings. The van der Waals surface area contributed by atoms with Crippen LogP contribution in [0.2, 0.25) is 0 Å². The first kappa shape index (κ1) is 126. The molecule has 0 aliphatic carbocycles. The molecule has 0 aromatic heterocycles. The summed E-state index contributed by atoms with van der Waals surface area (Å²) in [5, 5.41) is 18.6. The lowest BCUT2D eigenvalue weighted by atomic mass is 9.93. The van der Waals surface area contributed by atoms with E-state index in [1.807, 2.05) is 26.8 Å². The summed E-state index contributed by atoms with van der Waals surface area (Å²) in [4.78, 5) is 146. The number of aldehydes is 1. The second-order valence-electron chi connectivity index (χ2n) is 39.0. The number of carbonyl (C=O) groups excluding carboxylic acids is 10. The van der Waals surface area contributed by atoms with Crippen molar-refractivity contribution in [3.8, 4) is 0 Å². The summed E-state index contributed by atoms with van der Waals surface area (Å²) < 4.78 is 77.1. The fourth-order valence-electron chi connectivity index (χ4n) is 12.6. The number of carboxylic acid groups (broad SMARTS) is 2. The molecule has 38 heteroatoms. The van der Waals surface area contributed by atoms with E-state index in [-0.39, 0.29) is 51.1 Å². The molecule has 3 radical (unpaired) electrons. The van der Waals surface area contributed by atoms with E-state index in [1.54, 1.807) is 148 Å². The van der Waals surface area contributed by atoms with E-state index < -0.39 is 106 Å². The van der Waals surface area contributed by atoms with E-state index in [0.717, 1.165) is 169 Å². The van der Waals surface area contributed by atoms with Gasteiger partial charge in [-0.1, -0.05) is 0 Å². The van der Waals surface area contributed by atoms with Gasteiger partial charge in [-0.2, -0.15) is 0 Å². The number of allylic oxidation sites excluding steroid dienone is 5. The summed E-state index contributed by atoms with van der Waals surface area (Å²) in [5.41, 5.74) is 10.6. The smallest absolute Gasteiger partial charge is 0.414 e. The first-order valence-electron chi connectivity index (χ1n) is 45.8. The highest BCUT2D eigenvalue weighted by Crippen LogP contribution is 2.28. The topological polar surface area (TPSA) is 455 Å². The van der Waals surface area contributed by atoms with Crippen LogP contribution in [0.5, 0.6) is 0 Å². The highest BCUT2D eigenvalue weighted by atomic mass is 16.6. The summed E-state index contributed by atoms with van der Waals surface area (Å²) in [6.45, 7) is 43.2. The van der Waals surface area contributed by atoms with E-state index in [2.05, 4.69) is 4.74 Å². The minimum atomic E-state index is -1.05. The minimum absolute atomic E-state index is 0. The number of esters is 1. The van der Waals surface area contributed by atoms with Gasteiger partial charge in [0.1, 0.15) is 64.6 Å². The maximum absolute atomic E-state index is 12.0. The first-order valence-corrected chi connectivity index (χ1v) is 45.8. The van der Waals surface area contributed by atoms with Crippen molar-refractivity contribution in [2.24, 2.45) is 29.2 Å². The molecule has 8 aliphatic heterocycles. The Morgan fingerprint density at radius 1 is 0.451 bits per heavy atom. The molecule has 0 bridgehead atoms. The van der Waals surface area contributed by atoms with Crippen molar-refractivity contribution in [3.63, 3.8) is 0 Å².